The minimum absolute atomic E-state index is 0.118. The summed E-state index contributed by atoms with van der Waals surface area (Å²) >= 11 is 0. The second-order valence-corrected chi connectivity index (χ2v) is 9.28. The van der Waals surface area contributed by atoms with Crippen molar-refractivity contribution in [2.24, 2.45) is 5.92 Å². The number of ether oxygens (including phenoxy) is 2. The lowest BCUT2D eigenvalue weighted by Crippen LogP contribution is -2.47. The molecule has 4 rings (SSSR count). The molecule has 1 saturated heterocycles. The van der Waals surface area contributed by atoms with Crippen LogP contribution in [-0.2, 0) is 9.53 Å². The molecule has 1 aromatic heterocycles. The predicted molar refractivity (Wildman–Crippen MR) is 115 cm³/mol. The van der Waals surface area contributed by atoms with Gasteiger partial charge in [-0.25, -0.2) is 4.39 Å². The van der Waals surface area contributed by atoms with E-state index in [1.807, 2.05) is 0 Å². The van der Waals surface area contributed by atoms with Crippen molar-refractivity contribution in [3.05, 3.63) is 53.4 Å². The second-order valence-electron chi connectivity index (χ2n) is 9.28. The minimum Gasteiger partial charge on any atom is -0.487 e. The van der Waals surface area contributed by atoms with Crippen molar-refractivity contribution in [3.8, 4) is 5.75 Å². The molecule has 1 saturated carbocycles. The van der Waals surface area contributed by atoms with Gasteiger partial charge in [0.2, 0.25) is 5.82 Å². The number of nitrogens with zero attached hydrogens (tertiary/aromatic N) is 1. The number of hydrogen-bond acceptors (Lipinski definition) is 5. The Morgan fingerprint density at radius 3 is 2.49 bits per heavy atom. The van der Waals surface area contributed by atoms with Gasteiger partial charge in [-0.05, 0) is 32.0 Å². The van der Waals surface area contributed by atoms with Gasteiger partial charge in [-0.2, -0.15) is 17.6 Å². The van der Waals surface area contributed by atoms with Gasteiger partial charge in [0.05, 0.1) is 18.0 Å². The maximum atomic E-state index is 14.9. The molecule has 0 spiro atoms. The zero-order valence-corrected chi connectivity index (χ0v) is 19.2. The number of rotatable bonds is 5. The van der Waals surface area contributed by atoms with E-state index in [4.69, 9.17) is 9.47 Å². The lowest BCUT2D eigenvalue weighted by molar-refractivity contribution is -0.272. The van der Waals surface area contributed by atoms with Gasteiger partial charge in [0.1, 0.15) is 12.2 Å². The van der Waals surface area contributed by atoms with E-state index in [9.17, 15) is 31.9 Å². The summed E-state index contributed by atoms with van der Waals surface area (Å²) in [5, 5.41) is 12.0. The fourth-order valence-corrected chi connectivity index (χ4v) is 4.51. The Labute approximate surface area is 198 Å². The van der Waals surface area contributed by atoms with Gasteiger partial charge < -0.3 is 19.9 Å². The quantitative estimate of drug-likeness (QED) is 0.585. The van der Waals surface area contributed by atoms with E-state index < -0.39 is 65.2 Å². The summed E-state index contributed by atoms with van der Waals surface area (Å²) in [6.07, 6.45) is -6.19. The third kappa shape index (κ3) is 4.58. The molecule has 2 aliphatic rings. The van der Waals surface area contributed by atoms with Crippen LogP contribution in [0.1, 0.15) is 43.9 Å². The van der Waals surface area contributed by atoms with Crippen molar-refractivity contribution in [3.63, 3.8) is 0 Å². The first kappa shape index (κ1) is 25.3. The molecule has 2 aromatic rings. The number of anilines is 1. The molecule has 0 radical (unpaired) electrons. The molecule has 1 aromatic carbocycles. The molecule has 0 unspecified atom stereocenters. The van der Waals surface area contributed by atoms with E-state index in [0.717, 1.165) is 19.1 Å². The number of pyridine rings is 1. The van der Waals surface area contributed by atoms with Crippen LogP contribution in [0.25, 0.3) is 0 Å². The third-order valence-corrected chi connectivity index (χ3v) is 6.90. The summed E-state index contributed by atoms with van der Waals surface area (Å²) in [6.45, 7) is 3.80. The Morgan fingerprint density at radius 2 is 1.91 bits per heavy atom. The van der Waals surface area contributed by atoms with Crippen LogP contribution in [0.3, 0.4) is 0 Å². The van der Waals surface area contributed by atoms with Crippen molar-refractivity contribution in [1.29, 1.82) is 0 Å². The van der Waals surface area contributed by atoms with E-state index >= 15 is 0 Å². The molecule has 2 fully saturated rings. The maximum absolute atomic E-state index is 14.9. The monoisotopic (exact) mass is 500 g/mol. The number of benzene rings is 1. The van der Waals surface area contributed by atoms with Gasteiger partial charge in [0, 0.05) is 35.9 Å². The topological polar surface area (TPSA) is 80.7 Å². The summed E-state index contributed by atoms with van der Waals surface area (Å²) in [5.41, 5.74) is -1.96. The normalized spacial score (nSPS) is 30.6. The molecule has 4 atom stereocenters. The van der Waals surface area contributed by atoms with E-state index in [0.29, 0.717) is 5.69 Å². The average molecular weight is 500 g/mol. The summed E-state index contributed by atoms with van der Waals surface area (Å²) in [4.78, 5) is 17.2. The van der Waals surface area contributed by atoms with Crippen LogP contribution < -0.4 is 10.1 Å². The van der Waals surface area contributed by atoms with E-state index in [2.05, 4.69) is 10.3 Å². The number of aliphatic hydroxyl groups excluding tert-OH is 1. The number of carbonyl (C=O) groups excluding carboxylic acids is 1. The van der Waals surface area contributed by atoms with Gasteiger partial charge in [-0.15, -0.1) is 0 Å². The minimum atomic E-state index is -4.86. The van der Waals surface area contributed by atoms with Crippen LogP contribution in [-0.4, -0.2) is 46.1 Å². The van der Waals surface area contributed by atoms with Crippen LogP contribution in [0.15, 0.2) is 30.5 Å². The SMILES string of the molecule is Cc1ccc(NC(=O)[C@@H]2O[C@@](C)(C(F)(F)F)[C@@H](C)[C@H]2c2ccc(F)c(F)c2O[C@H]2C[C@@H](O)C2)cn1. The summed E-state index contributed by atoms with van der Waals surface area (Å²) in [5.74, 6) is -6.79. The van der Waals surface area contributed by atoms with Gasteiger partial charge in [-0.1, -0.05) is 13.0 Å². The fraction of sp³-hybridized carbons (Fsp3) is 0.500. The molecule has 1 aliphatic heterocycles. The lowest BCUT2D eigenvalue weighted by Gasteiger charge is -2.34. The number of hydrogen-bond donors (Lipinski definition) is 2. The number of halogens is 5. The number of alkyl halides is 3. The molecule has 1 amide bonds. The van der Waals surface area contributed by atoms with Crippen LogP contribution in [0, 0.1) is 24.5 Å². The third-order valence-electron chi connectivity index (χ3n) is 6.90. The highest BCUT2D eigenvalue weighted by Gasteiger charge is 2.66. The van der Waals surface area contributed by atoms with Crippen LogP contribution >= 0.6 is 0 Å². The zero-order chi connectivity index (χ0) is 25.7. The molecule has 6 nitrogen and oxygen atoms in total. The number of aromatic nitrogens is 1. The summed E-state index contributed by atoms with van der Waals surface area (Å²) < 4.78 is 82.2. The number of aliphatic hydroxyl groups is 1. The molecule has 1 aliphatic carbocycles. The zero-order valence-electron chi connectivity index (χ0n) is 19.2. The van der Waals surface area contributed by atoms with E-state index in [-0.39, 0.29) is 24.1 Å². The Balaban J connectivity index is 1.75. The standard InChI is InChI=1S/C24H25F5N2O4/c1-11-4-5-13(10-30-11)31-22(33)21-18(12(2)23(3,35-21)24(27,28)29)16-6-7-17(25)19(26)20(16)34-15-8-14(32)9-15/h4-7,10,12,14-15,18,21,32H,8-9H2,1-3H3,(H,31,33)/t12-,14-,15+,18-,21+,23+/m0/s1. The average Bonchev–Trinajstić information content (AvgIpc) is 3.04. The second kappa shape index (κ2) is 9.02. The largest absolute Gasteiger partial charge is 0.487 e. The molecular formula is C24H25F5N2O4. The van der Waals surface area contributed by atoms with Gasteiger partial charge in [-0.3, -0.25) is 9.78 Å². The van der Waals surface area contributed by atoms with E-state index in [1.165, 1.54) is 19.2 Å². The molecule has 0 bridgehead atoms. The van der Waals surface area contributed by atoms with Crippen molar-refractivity contribution in [2.75, 3.05) is 5.32 Å². The first-order chi connectivity index (χ1) is 16.3. The Hall–Kier alpha value is -2.79. The van der Waals surface area contributed by atoms with Crippen LogP contribution in [0.2, 0.25) is 0 Å². The first-order valence-corrected chi connectivity index (χ1v) is 11.1. The van der Waals surface area contributed by atoms with Crippen molar-refractivity contribution in [2.45, 2.75) is 69.6 Å². The molecule has 11 heteroatoms. The highest BCUT2D eigenvalue weighted by atomic mass is 19.4. The molecule has 2 heterocycles. The fourth-order valence-electron chi connectivity index (χ4n) is 4.51. The summed E-state index contributed by atoms with van der Waals surface area (Å²) in [6, 6.07) is 5.04. The van der Waals surface area contributed by atoms with E-state index in [1.54, 1.807) is 13.0 Å². The van der Waals surface area contributed by atoms with Crippen molar-refractivity contribution >= 4 is 11.6 Å². The van der Waals surface area contributed by atoms with Gasteiger partial charge in [0.25, 0.3) is 5.91 Å². The maximum Gasteiger partial charge on any atom is 0.417 e. The number of carbonyl (C=O) groups is 1. The number of nitrogens with one attached hydrogen (secondary N) is 1. The number of amides is 1. The lowest BCUT2D eigenvalue weighted by atomic mass is 9.76. The predicted octanol–water partition coefficient (Wildman–Crippen LogP) is 4.65. The first-order valence-electron chi connectivity index (χ1n) is 11.1. The Morgan fingerprint density at radius 1 is 1.23 bits per heavy atom. The van der Waals surface area contributed by atoms with Gasteiger partial charge >= 0.3 is 6.18 Å². The number of aryl methyl sites for hydroxylation is 1. The smallest absolute Gasteiger partial charge is 0.417 e. The molecule has 35 heavy (non-hydrogen) atoms. The van der Waals surface area contributed by atoms with Crippen molar-refractivity contribution < 1.29 is 41.3 Å². The molecular weight excluding hydrogens is 475 g/mol. The molecule has 190 valence electrons. The Bertz CT molecular complexity index is 1100. The van der Waals surface area contributed by atoms with Crippen LogP contribution in [0.5, 0.6) is 5.75 Å². The van der Waals surface area contributed by atoms with Gasteiger partial charge in [0.15, 0.2) is 17.2 Å². The summed E-state index contributed by atoms with van der Waals surface area (Å²) in [7, 11) is 0. The molecule has 2 N–H and O–H groups in total. The highest BCUT2D eigenvalue weighted by molar-refractivity contribution is 5.95. The highest BCUT2D eigenvalue weighted by Crippen LogP contribution is 2.55. The Kier molecular flexibility index (Phi) is 6.52. The van der Waals surface area contributed by atoms with Crippen LogP contribution in [0.4, 0.5) is 27.6 Å². The van der Waals surface area contributed by atoms with Crippen molar-refractivity contribution in [1.82, 2.24) is 4.98 Å².